The van der Waals surface area contributed by atoms with Crippen LogP contribution >= 0.6 is 11.6 Å². The lowest BCUT2D eigenvalue weighted by molar-refractivity contribution is 0.594. The first-order valence-electron chi connectivity index (χ1n) is 4.69. The summed E-state index contributed by atoms with van der Waals surface area (Å²) in [5.74, 6) is 0.714. The Kier molecular flexibility index (Phi) is 2.20. The monoisotopic (exact) mass is 195 g/mol. The molecule has 1 nitrogen and oxygen atoms in total. The van der Waals surface area contributed by atoms with Gasteiger partial charge in [-0.25, -0.2) is 0 Å². The summed E-state index contributed by atoms with van der Waals surface area (Å²) in [5.41, 5.74) is 3.77. The van der Waals surface area contributed by atoms with Gasteiger partial charge in [0.25, 0.3) is 0 Å². The molecule has 0 bridgehead atoms. The normalized spacial score (nSPS) is 20.7. The van der Waals surface area contributed by atoms with E-state index in [-0.39, 0.29) is 0 Å². The van der Waals surface area contributed by atoms with Gasteiger partial charge in [-0.3, -0.25) is 0 Å². The van der Waals surface area contributed by atoms with E-state index in [0.29, 0.717) is 5.92 Å². The van der Waals surface area contributed by atoms with Gasteiger partial charge in [0, 0.05) is 17.3 Å². The summed E-state index contributed by atoms with van der Waals surface area (Å²) in [7, 11) is 0. The Hall–Kier alpha value is -0.690. The summed E-state index contributed by atoms with van der Waals surface area (Å²) in [4.78, 5) is 0. The molecular formula is C11H14ClN. The highest BCUT2D eigenvalue weighted by atomic mass is 35.5. The number of benzene rings is 1. The maximum absolute atomic E-state index is 6.07. The summed E-state index contributed by atoms with van der Waals surface area (Å²) < 4.78 is 0. The molecule has 0 saturated carbocycles. The van der Waals surface area contributed by atoms with E-state index in [9.17, 15) is 0 Å². The van der Waals surface area contributed by atoms with Crippen LogP contribution in [0.5, 0.6) is 0 Å². The van der Waals surface area contributed by atoms with Crippen LogP contribution in [0.3, 0.4) is 0 Å². The molecule has 1 aromatic carbocycles. The van der Waals surface area contributed by atoms with E-state index >= 15 is 0 Å². The molecule has 2 heteroatoms. The van der Waals surface area contributed by atoms with Gasteiger partial charge in [0.05, 0.1) is 0 Å². The minimum absolute atomic E-state index is 0.714. The number of hydrogen-bond donors (Lipinski definition) is 1. The molecule has 0 aliphatic carbocycles. The van der Waals surface area contributed by atoms with E-state index in [0.717, 1.165) is 23.6 Å². The molecule has 0 saturated heterocycles. The molecule has 70 valence electrons. The quantitative estimate of drug-likeness (QED) is 0.670. The Bertz CT molecular complexity index is 333. The van der Waals surface area contributed by atoms with E-state index in [1.807, 2.05) is 6.92 Å². The van der Waals surface area contributed by atoms with Crippen molar-refractivity contribution in [1.29, 1.82) is 0 Å². The number of hydrogen-bond acceptors (Lipinski definition) is 1. The second kappa shape index (κ2) is 3.22. The molecule has 0 radical (unpaired) electrons. The Labute approximate surface area is 84.1 Å². The van der Waals surface area contributed by atoms with Crippen molar-refractivity contribution in [2.24, 2.45) is 5.92 Å². The van der Waals surface area contributed by atoms with Crippen molar-refractivity contribution >= 4 is 17.3 Å². The van der Waals surface area contributed by atoms with E-state index in [2.05, 4.69) is 24.4 Å². The number of halogens is 1. The summed E-state index contributed by atoms with van der Waals surface area (Å²) in [5, 5.41) is 4.31. The van der Waals surface area contributed by atoms with E-state index < -0.39 is 0 Å². The van der Waals surface area contributed by atoms with Crippen LogP contribution in [-0.4, -0.2) is 6.54 Å². The molecule has 1 N–H and O–H groups in total. The zero-order chi connectivity index (χ0) is 9.42. The van der Waals surface area contributed by atoms with E-state index in [4.69, 9.17) is 11.6 Å². The van der Waals surface area contributed by atoms with Gasteiger partial charge in [0.15, 0.2) is 0 Å². The minimum atomic E-state index is 0.714. The van der Waals surface area contributed by atoms with Gasteiger partial charge in [-0.05, 0) is 42.5 Å². The lowest BCUT2D eigenvalue weighted by atomic mass is 9.94. The zero-order valence-corrected chi connectivity index (χ0v) is 8.78. The van der Waals surface area contributed by atoms with Crippen molar-refractivity contribution in [2.75, 3.05) is 11.9 Å². The highest BCUT2D eigenvalue weighted by Gasteiger charge is 2.15. The summed E-state index contributed by atoms with van der Waals surface area (Å²) in [6.45, 7) is 5.38. The van der Waals surface area contributed by atoms with E-state index in [1.165, 1.54) is 11.3 Å². The van der Waals surface area contributed by atoms with Crippen LogP contribution in [0, 0.1) is 12.8 Å². The van der Waals surface area contributed by atoms with Gasteiger partial charge in [-0.1, -0.05) is 18.5 Å². The molecule has 0 aromatic heterocycles. The molecule has 1 aromatic rings. The average molecular weight is 196 g/mol. The highest BCUT2D eigenvalue weighted by molar-refractivity contribution is 6.31. The maximum Gasteiger partial charge on any atom is 0.0439 e. The fraction of sp³-hybridized carbons (Fsp3) is 0.455. The maximum atomic E-state index is 6.07. The molecule has 1 unspecified atom stereocenters. The van der Waals surface area contributed by atoms with Crippen LogP contribution in [0.4, 0.5) is 5.69 Å². The first-order chi connectivity index (χ1) is 6.16. The topological polar surface area (TPSA) is 12.0 Å². The van der Waals surface area contributed by atoms with Gasteiger partial charge in [-0.15, -0.1) is 0 Å². The van der Waals surface area contributed by atoms with Crippen molar-refractivity contribution in [3.05, 3.63) is 28.3 Å². The smallest absolute Gasteiger partial charge is 0.0439 e. The summed E-state index contributed by atoms with van der Waals surface area (Å²) >= 11 is 6.07. The number of anilines is 1. The number of rotatable bonds is 0. The minimum Gasteiger partial charge on any atom is -0.385 e. The third-order valence-corrected chi connectivity index (χ3v) is 3.00. The Morgan fingerprint density at radius 3 is 3.00 bits per heavy atom. The first kappa shape index (κ1) is 8.89. The second-order valence-corrected chi connectivity index (χ2v) is 4.36. The predicted octanol–water partition coefficient (Wildman–Crippen LogP) is 3.25. The van der Waals surface area contributed by atoms with Crippen molar-refractivity contribution in [3.63, 3.8) is 0 Å². The molecule has 1 aliphatic rings. The molecule has 0 spiro atoms. The number of aryl methyl sites for hydroxylation is 1. The van der Waals surface area contributed by atoms with Crippen LogP contribution in [0.2, 0.25) is 5.02 Å². The van der Waals surface area contributed by atoms with Crippen molar-refractivity contribution in [2.45, 2.75) is 20.3 Å². The third kappa shape index (κ3) is 1.66. The molecule has 1 aliphatic heterocycles. The SMILES string of the molecule is Cc1cc2c(cc1Cl)CC(C)CN2. The molecule has 13 heavy (non-hydrogen) atoms. The average Bonchev–Trinajstić information content (AvgIpc) is 2.08. The van der Waals surface area contributed by atoms with Crippen LogP contribution in [-0.2, 0) is 6.42 Å². The zero-order valence-electron chi connectivity index (χ0n) is 8.02. The molecular weight excluding hydrogens is 182 g/mol. The van der Waals surface area contributed by atoms with Gasteiger partial charge in [-0.2, -0.15) is 0 Å². The van der Waals surface area contributed by atoms with Gasteiger partial charge < -0.3 is 5.32 Å². The van der Waals surface area contributed by atoms with Crippen LogP contribution in [0.1, 0.15) is 18.1 Å². The summed E-state index contributed by atoms with van der Waals surface area (Å²) in [6, 6.07) is 4.23. The molecule has 1 atom stereocenters. The van der Waals surface area contributed by atoms with Crippen LogP contribution in [0.25, 0.3) is 0 Å². The van der Waals surface area contributed by atoms with Crippen molar-refractivity contribution in [3.8, 4) is 0 Å². The predicted molar refractivity (Wildman–Crippen MR) is 57.5 cm³/mol. The van der Waals surface area contributed by atoms with Crippen LogP contribution in [0.15, 0.2) is 12.1 Å². The van der Waals surface area contributed by atoms with Crippen LogP contribution < -0.4 is 5.32 Å². The standard InChI is InChI=1S/C11H14ClN/c1-7-3-9-5-10(12)8(2)4-11(9)13-6-7/h4-5,7,13H,3,6H2,1-2H3. The van der Waals surface area contributed by atoms with Gasteiger partial charge >= 0.3 is 0 Å². The summed E-state index contributed by atoms with van der Waals surface area (Å²) in [6.07, 6.45) is 1.14. The fourth-order valence-electron chi connectivity index (χ4n) is 1.79. The Balaban J connectivity index is 2.43. The Morgan fingerprint density at radius 2 is 2.23 bits per heavy atom. The third-order valence-electron chi connectivity index (χ3n) is 2.59. The fourth-order valence-corrected chi connectivity index (χ4v) is 1.97. The number of nitrogens with one attached hydrogen (secondary N) is 1. The van der Waals surface area contributed by atoms with Gasteiger partial charge in [0.2, 0.25) is 0 Å². The second-order valence-electron chi connectivity index (χ2n) is 3.95. The number of fused-ring (bicyclic) bond motifs is 1. The first-order valence-corrected chi connectivity index (χ1v) is 5.07. The highest BCUT2D eigenvalue weighted by Crippen LogP contribution is 2.29. The Morgan fingerprint density at radius 1 is 1.46 bits per heavy atom. The lowest BCUT2D eigenvalue weighted by Crippen LogP contribution is -2.20. The molecule has 0 amide bonds. The van der Waals surface area contributed by atoms with Gasteiger partial charge in [0.1, 0.15) is 0 Å². The molecule has 1 heterocycles. The van der Waals surface area contributed by atoms with E-state index in [1.54, 1.807) is 0 Å². The molecule has 2 rings (SSSR count). The van der Waals surface area contributed by atoms with Crippen molar-refractivity contribution < 1.29 is 0 Å². The largest absolute Gasteiger partial charge is 0.385 e. The lowest BCUT2D eigenvalue weighted by Gasteiger charge is -2.24. The molecule has 0 fully saturated rings. The van der Waals surface area contributed by atoms with Crippen molar-refractivity contribution in [1.82, 2.24) is 0 Å².